The average Bonchev–Trinajstić information content (AvgIpc) is 3.23. The molecule has 1 amide bonds. The van der Waals surface area contributed by atoms with E-state index in [1.54, 1.807) is 32.2 Å². The highest BCUT2D eigenvalue weighted by Crippen LogP contribution is 2.34. The normalized spacial score (nSPS) is 11.9. The van der Waals surface area contributed by atoms with Gasteiger partial charge < -0.3 is 24.5 Å². The standard InChI is InChI=1S/C22H21N3O5S/c1-13-17(10-20(26)24-15-6-7-18-19(9-15)30-12-29-18)21(27)25-22(23-13)31-11-14-4-3-5-16(8-14)28-2/h3-9H,10-12H2,1-2H3,(H,24,26)(H,23,25,27). The van der Waals surface area contributed by atoms with E-state index in [9.17, 15) is 9.59 Å². The van der Waals surface area contributed by atoms with Crippen LogP contribution in [0.15, 0.2) is 52.4 Å². The van der Waals surface area contributed by atoms with Gasteiger partial charge in [0.2, 0.25) is 12.7 Å². The molecule has 2 N–H and O–H groups in total. The van der Waals surface area contributed by atoms with E-state index < -0.39 is 0 Å². The second-order valence-corrected chi connectivity index (χ2v) is 7.83. The summed E-state index contributed by atoms with van der Waals surface area (Å²) in [7, 11) is 1.62. The van der Waals surface area contributed by atoms with E-state index in [0.29, 0.717) is 39.4 Å². The molecule has 2 heterocycles. The molecule has 0 atom stereocenters. The van der Waals surface area contributed by atoms with Crippen LogP contribution in [0.5, 0.6) is 17.2 Å². The van der Waals surface area contributed by atoms with E-state index in [2.05, 4.69) is 15.3 Å². The van der Waals surface area contributed by atoms with Gasteiger partial charge in [0, 0.05) is 28.8 Å². The number of H-pyrrole nitrogens is 1. The number of nitrogens with zero attached hydrogens (tertiary/aromatic N) is 1. The Morgan fingerprint density at radius 2 is 2.06 bits per heavy atom. The number of aromatic nitrogens is 2. The predicted molar refractivity (Wildman–Crippen MR) is 117 cm³/mol. The van der Waals surface area contributed by atoms with Crippen molar-refractivity contribution in [1.29, 1.82) is 0 Å². The van der Waals surface area contributed by atoms with Gasteiger partial charge in [0.05, 0.1) is 13.5 Å². The minimum Gasteiger partial charge on any atom is -0.497 e. The molecule has 3 aromatic rings. The Kier molecular flexibility index (Phi) is 6.13. The van der Waals surface area contributed by atoms with Gasteiger partial charge in [-0.2, -0.15) is 0 Å². The first-order chi connectivity index (χ1) is 15.0. The number of anilines is 1. The maximum absolute atomic E-state index is 12.6. The fourth-order valence-electron chi connectivity index (χ4n) is 3.12. The van der Waals surface area contributed by atoms with Crippen LogP contribution in [0.1, 0.15) is 16.8 Å². The van der Waals surface area contributed by atoms with Crippen LogP contribution in [-0.2, 0) is 17.0 Å². The van der Waals surface area contributed by atoms with Crippen LogP contribution in [0.2, 0.25) is 0 Å². The van der Waals surface area contributed by atoms with E-state index >= 15 is 0 Å². The molecule has 1 aromatic heterocycles. The summed E-state index contributed by atoms with van der Waals surface area (Å²) in [5.74, 6) is 2.30. The first-order valence-electron chi connectivity index (χ1n) is 9.57. The molecular weight excluding hydrogens is 418 g/mol. The predicted octanol–water partition coefficient (Wildman–Crippen LogP) is 3.29. The largest absolute Gasteiger partial charge is 0.497 e. The molecule has 0 radical (unpaired) electrons. The van der Waals surface area contributed by atoms with Gasteiger partial charge in [-0.05, 0) is 36.8 Å². The second-order valence-electron chi connectivity index (χ2n) is 6.87. The van der Waals surface area contributed by atoms with E-state index in [1.165, 1.54) is 11.8 Å². The second kappa shape index (κ2) is 9.13. The SMILES string of the molecule is COc1cccc(CSc2nc(C)c(CC(=O)Nc3ccc4c(c3)OCO4)c(=O)[nH]2)c1. The molecule has 0 aliphatic carbocycles. The molecule has 0 bridgehead atoms. The number of hydrogen-bond acceptors (Lipinski definition) is 7. The molecule has 0 spiro atoms. The number of amides is 1. The Balaban J connectivity index is 1.40. The van der Waals surface area contributed by atoms with E-state index in [1.807, 2.05) is 24.3 Å². The molecule has 160 valence electrons. The van der Waals surface area contributed by atoms with Crippen molar-refractivity contribution in [3.63, 3.8) is 0 Å². The lowest BCUT2D eigenvalue weighted by molar-refractivity contribution is -0.115. The number of carbonyl (C=O) groups excluding carboxylic acids is 1. The Hall–Kier alpha value is -3.46. The molecule has 0 saturated carbocycles. The number of hydrogen-bond donors (Lipinski definition) is 2. The van der Waals surface area contributed by atoms with Crippen LogP contribution in [0.3, 0.4) is 0 Å². The van der Waals surface area contributed by atoms with Crippen LogP contribution >= 0.6 is 11.8 Å². The van der Waals surface area contributed by atoms with Crippen molar-refractivity contribution in [2.75, 3.05) is 19.2 Å². The quantitative estimate of drug-likeness (QED) is 0.430. The van der Waals surface area contributed by atoms with Crippen molar-refractivity contribution < 1.29 is 19.0 Å². The number of thioether (sulfide) groups is 1. The molecule has 31 heavy (non-hydrogen) atoms. The molecule has 9 heteroatoms. The molecule has 1 aliphatic heterocycles. The maximum atomic E-state index is 12.6. The highest BCUT2D eigenvalue weighted by molar-refractivity contribution is 7.98. The summed E-state index contributed by atoms with van der Waals surface area (Å²) in [4.78, 5) is 32.3. The third kappa shape index (κ3) is 5.00. The number of ether oxygens (including phenoxy) is 3. The van der Waals surface area contributed by atoms with Crippen LogP contribution in [0.4, 0.5) is 5.69 Å². The highest BCUT2D eigenvalue weighted by atomic mass is 32.2. The first kappa shape index (κ1) is 20.8. The summed E-state index contributed by atoms with van der Waals surface area (Å²) in [5, 5.41) is 3.28. The minimum atomic E-state index is -0.318. The summed E-state index contributed by atoms with van der Waals surface area (Å²) in [6.45, 7) is 1.89. The highest BCUT2D eigenvalue weighted by Gasteiger charge is 2.16. The van der Waals surface area contributed by atoms with Gasteiger partial charge in [-0.15, -0.1) is 0 Å². The average molecular weight is 439 g/mol. The lowest BCUT2D eigenvalue weighted by Crippen LogP contribution is -2.23. The lowest BCUT2D eigenvalue weighted by Gasteiger charge is -2.09. The van der Waals surface area contributed by atoms with Crippen LogP contribution in [-0.4, -0.2) is 29.8 Å². The minimum absolute atomic E-state index is 0.0799. The van der Waals surface area contributed by atoms with Gasteiger partial charge >= 0.3 is 0 Å². The summed E-state index contributed by atoms with van der Waals surface area (Å²) in [6.07, 6.45) is -0.0799. The maximum Gasteiger partial charge on any atom is 0.255 e. The molecular formula is C22H21N3O5S. The fraction of sp³-hybridized carbons (Fsp3) is 0.227. The summed E-state index contributed by atoms with van der Waals surface area (Å²) < 4.78 is 15.8. The first-order valence-corrected chi connectivity index (χ1v) is 10.6. The van der Waals surface area contributed by atoms with Crippen molar-refractivity contribution in [3.8, 4) is 17.2 Å². The molecule has 4 rings (SSSR count). The van der Waals surface area contributed by atoms with E-state index in [4.69, 9.17) is 14.2 Å². The smallest absolute Gasteiger partial charge is 0.255 e. The Morgan fingerprint density at radius 1 is 1.23 bits per heavy atom. The summed E-state index contributed by atoms with van der Waals surface area (Å²) >= 11 is 1.41. The van der Waals surface area contributed by atoms with Gasteiger partial charge in [-0.1, -0.05) is 23.9 Å². The van der Waals surface area contributed by atoms with Crippen molar-refractivity contribution in [1.82, 2.24) is 9.97 Å². The van der Waals surface area contributed by atoms with E-state index in [0.717, 1.165) is 11.3 Å². The Morgan fingerprint density at radius 3 is 2.87 bits per heavy atom. The Labute approximate surface area is 183 Å². The van der Waals surface area contributed by atoms with Crippen molar-refractivity contribution >= 4 is 23.4 Å². The van der Waals surface area contributed by atoms with Gasteiger partial charge in [-0.25, -0.2) is 4.98 Å². The van der Waals surface area contributed by atoms with Crippen LogP contribution in [0.25, 0.3) is 0 Å². The lowest BCUT2D eigenvalue weighted by atomic mass is 10.1. The summed E-state index contributed by atoms with van der Waals surface area (Å²) in [6, 6.07) is 12.8. The molecule has 8 nitrogen and oxygen atoms in total. The number of carbonyl (C=O) groups is 1. The molecule has 2 aromatic carbocycles. The van der Waals surface area contributed by atoms with Crippen molar-refractivity contribution in [3.05, 3.63) is 69.6 Å². The van der Waals surface area contributed by atoms with Crippen LogP contribution < -0.4 is 25.1 Å². The number of benzene rings is 2. The third-order valence-electron chi connectivity index (χ3n) is 4.70. The number of aryl methyl sites for hydroxylation is 1. The zero-order valence-corrected chi connectivity index (χ0v) is 17.9. The van der Waals surface area contributed by atoms with Gasteiger partial charge in [0.1, 0.15) is 5.75 Å². The number of aromatic amines is 1. The molecule has 0 unspecified atom stereocenters. The van der Waals surface area contributed by atoms with Crippen molar-refractivity contribution in [2.45, 2.75) is 24.3 Å². The number of methoxy groups -OCH3 is 1. The fourth-order valence-corrected chi connectivity index (χ4v) is 3.96. The number of nitrogens with one attached hydrogen (secondary N) is 2. The molecule has 1 aliphatic rings. The summed E-state index contributed by atoms with van der Waals surface area (Å²) in [5.41, 5.74) is 2.17. The zero-order valence-electron chi connectivity index (χ0n) is 17.1. The van der Waals surface area contributed by atoms with Gasteiger partial charge in [-0.3, -0.25) is 9.59 Å². The zero-order chi connectivity index (χ0) is 21.8. The Bertz CT molecular complexity index is 1180. The topological polar surface area (TPSA) is 103 Å². The number of rotatable bonds is 7. The van der Waals surface area contributed by atoms with Crippen LogP contribution in [0, 0.1) is 6.92 Å². The van der Waals surface area contributed by atoms with Gasteiger partial charge in [0.15, 0.2) is 16.7 Å². The van der Waals surface area contributed by atoms with Crippen molar-refractivity contribution in [2.24, 2.45) is 0 Å². The molecule has 0 saturated heterocycles. The molecule has 0 fully saturated rings. The third-order valence-corrected chi connectivity index (χ3v) is 5.65. The number of fused-ring (bicyclic) bond motifs is 1. The van der Waals surface area contributed by atoms with Gasteiger partial charge in [0.25, 0.3) is 5.56 Å². The monoisotopic (exact) mass is 439 g/mol. The van der Waals surface area contributed by atoms with E-state index in [-0.39, 0.29) is 24.7 Å².